The van der Waals surface area contributed by atoms with Gasteiger partial charge in [0, 0.05) is 16.0 Å². The number of halogens is 1. The van der Waals surface area contributed by atoms with Crippen molar-refractivity contribution in [3.8, 4) is 11.5 Å². The van der Waals surface area contributed by atoms with E-state index in [-0.39, 0.29) is 23.6 Å². The van der Waals surface area contributed by atoms with Gasteiger partial charge in [0.1, 0.15) is 12.4 Å². The number of para-hydroxylation sites is 1. The molecule has 0 spiro atoms. The van der Waals surface area contributed by atoms with Crippen molar-refractivity contribution in [2.45, 2.75) is 44.6 Å². The quantitative estimate of drug-likeness (QED) is 0.239. The fraction of sp³-hybridized carbons (Fsp3) is 0.267. The molecule has 0 aliphatic heterocycles. The fourth-order valence-corrected chi connectivity index (χ4v) is 5.23. The number of aromatic carboxylic acids is 1. The monoisotopic (exact) mass is 589 g/mol. The largest absolute Gasteiger partial charge is 0.493 e. The molecule has 1 aliphatic carbocycles. The molecule has 0 amide bonds. The zero-order valence-corrected chi connectivity index (χ0v) is 23.1. The summed E-state index contributed by atoms with van der Waals surface area (Å²) in [5, 5.41) is 14.3. The van der Waals surface area contributed by atoms with E-state index in [0.717, 1.165) is 35.7 Å². The van der Waals surface area contributed by atoms with Crippen LogP contribution in [0.5, 0.6) is 11.5 Å². The Labute approximate surface area is 234 Å². The Hall–Kier alpha value is -3.98. The van der Waals surface area contributed by atoms with Gasteiger partial charge in [-0.3, -0.25) is 4.79 Å². The summed E-state index contributed by atoms with van der Waals surface area (Å²) in [5.41, 5.74) is 2.08. The normalized spacial score (nSPS) is 14.1. The van der Waals surface area contributed by atoms with Gasteiger partial charge in [-0.2, -0.15) is 9.78 Å². The molecule has 8 nitrogen and oxygen atoms in total. The first kappa shape index (κ1) is 26.6. The predicted molar refractivity (Wildman–Crippen MR) is 153 cm³/mol. The number of ether oxygens (including phenoxy) is 2. The van der Waals surface area contributed by atoms with Gasteiger partial charge in [-0.05, 0) is 60.9 Å². The number of carboxylic acids is 1. The number of benzene rings is 3. The van der Waals surface area contributed by atoms with Crippen molar-refractivity contribution < 1.29 is 19.4 Å². The van der Waals surface area contributed by atoms with Crippen molar-refractivity contribution in [3.63, 3.8) is 0 Å². The van der Waals surface area contributed by atoms with Gasteiger partial charge in [-0.15, -0.1) is 0 Å². The van der Waals surface area contributed by atoms with Gasteiger partial charge in [-0.25, -0.2) is 9.78 Å². The molecule has 0 bridgehead atoms. The van der Waals surface area contributed by atoms with E-state index < -0.39 is 5.97 Å². The van der Waals surface area contributed by atoms with Crippen LogP contribution in [0.4, 0.5) is 0 Å². The van der Waals surface area contributed by atoms with Crippen molar-refractivity contribution in [1.82, 2.24) is 9.66 Å². The highest BCUT2D eigenvalue weighted by Gasteiger charge is 2.23. The van der Waals surface area contributed by atoms with Crippen LogP contribution in [-0.4, -0.2) is 34.1 Å². The predicted octanol–water partition coefficient (Wildman–Crippen LogP) is 6.37. The molecule has 1 aliphatic rings. The molecule has 1 N–H and O–H groups in total. The minimum absolute atomic E-state index is 0.159. The molecule has 1 saturated carbocycles. The first-order valence-electron chi connectivity index (χ1n) is 12.8. The minimum atomic E-state index is -0.982. The second kappa shape index (κ2) is 11.8. The second-order valence-electron chi connectivity index (χ2n) is 9.50. The summed E-state index contributed by atoms with van der Waals surface area (Å²) in [6.45, 7) is 0.194. The second-order valence-corrected chi connectivity index (χ2v) is 10.4. The van der Waals surface area contributed by atoms with Crippen LogP contribution in [0.2, 0.25) is 0 Å². The van der Waals surface area contributed by atoms with Crippen LogP contribution >= 0.6 is 15.9 Å². The highest BCUT2D eigenvalue weighted by molar-refractivity contribution is 9.10. The molecule has 0 atom stereocenters. The molecule has 1 fully saturated rings. The Balaban J connectivity index is 1.52. The van der Waals surface area contributed by atoms with Crippen molar-refractivity contribution in [1.29, 1.82) is 0 Å². The van der Waals surface area contributed by atoms with Crippen molar-refractivity contribution in [3.05, 3.63) is 98.0 Å². The van der Waals surface area contributed by atoms with Gasteiger partial charge in [0.2, 0.25) is 0 Å². The zero-order valence-electron chi connectivity index (χ0n) is 21.5. The van der Waals surface area contributed by atoms with Crippen molar-refractivity contribution >= 4 is 39.0 Å². The molecule has 200 valence electrons. The van der Waals surface area contributed by atoms with E-state index in [2.05, 4.69) is 21.0 Å². The average Bonchev–Trinajstić information content (AvgIpc) is 2.96. The molecule has 1 aromatic heterocycles. The first-order valence-corrected chi connectivity index (χ1v) is 13.6. The van der Waals surface area contributed by atoms with Crippen LogP contribution < -0.4 is 15.0 Å². The van der Waals surface area contributed by atoms with E-state index in [1.165, 1.54) is 23.2 Å². The van der Waals surface area contributed by atoms with Gasteiger partial charge in [0.05, 0.1) is 29.8 Å². The summed E-state index contributed by atoms with van der Waals surface area (Å²) in [7, 11) is 1.56. The summed E-state index contributed by atoms with van der Waals surface area (Å²) < 4.78 is 13.9. The lowest BCUT2D eigenvalue weighted by molar-refractivity contribution is 0.0697. The maximum Gasteiger partial charge on any atom is 0.335 e. The molecule has 0 unspecified atom stereocenters. The lowest BCUT2D eigenvalue weighted by atomic mass is 9.88. The lowest BCUT2D eigenvalue weighted by Gasteiger charge is -2.22. The number of rotatable bonds is 8. The van der Waals surface area contributed by atoms with E-state index in [4.69, 9.17) is 19.6 Å². The van der Waals surface area contributed by atoms with Gasteiger partial charge in [0.25, 0.3) is 5.56 Å². The van der Waals surface area contributed by atoms with E-state index in [9.17, 15) is 9.59 Å². The van der Waals surface area contributed by atoms with Crippen LogP contribution in [0.1, 0.15) is 65.3 Å². The first-order chi connectivity index (χ1) is 18.9. The molecular formula is C30H28BrN3O5. The SMILES string of the molecule is COc1cccc(C=Nn2c(C3CCCCC3)nc3ccc(Br)cc3c2=O)c1OCc1ccc(C(=O)O)cc1. The fourth-order valence-electron chi connectivity index (χ4n) is 4.87. The zero-order chi connectivity index (χ0) is 27.4. The number of nitrogens with zero attached hydrogens (tertiary/aromatic N) is 3. The number of fused-ring (bicyclic) bond motifs is 1. The summed E-state index contributed by atoms with van der Waals surface area (Å²) >= 11 is 3.46. The molecule has 9 heteroatoms. The van der Waals surface area contributed by atoms with Gasteiger partial charge in [0.15, 0.2) is 11.5 Å². The summed E-state index contributed by atoms with van der Waals surface area (Å²) in [4.78, 5) is 29.7. The number of carboxylic acid groups (broad SMARTS) is 1. The smallest absolute Gasteiger partial charge is 0.335 e. The number of carbonyl (C=O) groups is 1. The van der Waals surface area contributed by atoms with Crippen LogP contribution in [0.25, 0.3) is 10.9 Å². The Bertz CT molecular complexity index is 1590. The maximum absolute atomic E-state index is 13.7. The highest BCUT2D eigenvalue weighted by atomic mass is 79.9. The van der Waals surface area contributed by atoms with Crippen LogP contribution in [-0.2, 0) is 6.61 Å². The third-order valence-electron chi connectivity index (χ3n) is 6.93. The van der Waals surface area contributed by atoms with Crippen molar-refractivity contribution in [2.24, 2.45) is 5.10 Å². The van der Waals surface area contributed by atoms with E-state index in [1.54, 1.807) is 37.6 Å². The molecule has 0 radical (unpaired) electrons. The van der Waals surface area contributed by atoms with Gasteiger partial charge in [-0.1, -0.05) is 53.4 Å². The third-order valence-corrected chi connectivity index (χ3v) is 7.42. The summed E-state index contributed by atoms with van der Waals surface area (Å²) in [5.74, 6) is 0.835. The van der Waals surface area contributed by atoms with Gasteiger partial charge >= 0.3 is 5.97 Å². The molecule has 3 aromatic carbocycles. The number of hydrogen-bond donors (Lipinski definition) is 1. The summed E-state index contributed by atoms with van der Waals surface area (Å²) in [6.07, 6.45) is 6.93. The third kappa shape index (κ3) is 5.88. The van der Waals surface area contributed by atoms with Crippen LogP contribution in [0.15, 0.2) is 75.0 Å². The molecule has 0 saturated heterocycles. The average molecular weight is 590 g/mol. The van der Waals surface area contributed by atoms with E-state index in [1.807, 2.05) is 24.3 Å². The Morgan fingerprint density at radius 2 is 1.90 bits per heavy atom. The maximum atomic E-state index is 13.7. The number of hydrogen-bond acceptors (Lipinski definition) is 6. The van der Waals surface area contributed by atoms with Crippen molar-refractivity contribution in [2.75, 3.05) is 7.11 Å². The standard InChI is InChI=1S/C30H28BrN3O5/c1-38-26-9-5-8-22(27(26)39-18-19-10-12-21(13-11-19)30(36)37)17-32-34-28(20-6-3-2-4-7-20)33-25-15-14-23(31)16-24(25)29(34)35/h5,8-17,20H,2-4,6-7,18H2,1H3,(H,36,37). The Morgan fingerprint density at radius 1 is 1.13 bits per heavy atom. The van der Waals surface area contributed by atoms with Crippen LogP contribution in [0, 0.1) is 0 Å². The van der Waals surface area contributed by atoms with Crippen LogP contribution in [0.3, 0.4) is 0 Å². The molecule has 1 heterocycles. The summed E-state index contributed by atoms with van der Waals surface area (Å²) in [6, 6.07) is 17.5. The van der Waals surface area contributed by atoms with E-state index >= 15 is 0 Å². The number of aromatic nitrogens is 2. The Kier molecular flexibility index (Phi) is 8.07. The topological polar surface area (TPSA) is 103 Å². The molecule has 5 rings (SSSR count). The minimum Gasteiger partial charge on any atom is -0.493 e. The lowest BCUT2D eigenvalue weighted by Crippen LogP contribution is -2.25. The van der Waals surface area contributed by atoms with E-state index in [0.29, 0.717) is 33.8 Å². The molecule has 39 heavy (non-hydrogen) atoms. The molecular weight excluding hydrogens is 562 g/mol. The van der Waals surface area contributed by atoms with Gasteiger partial charge < -0.3 is 14.6 Å². The Morgan fingerprint density at radius 3 is 2.62 bits per heavy atom. The number of methoxy groups -OCH3 is 1. The molecule has 4 aromatic rings. The highest BCUT2D eigenvalue weighted by Crippen LogP contribution is 2.33.